The Morgan fingerprint density at radius 2 is 2.14 bits per heavy atom. The summed E-state index contributed by atoms with van der Waals surface area (Å²) in [4.78, 5) is 15.3. The monoisotopic (exact) mass is 191 g/mol. The summed E-state index contributed by atoms with van der Waals surface area (Å²) in [5.74, 6) is 0.242. The molecule has 0 unspecified atom stereocenters. The predicted octanol–water partition coefficient (Wildman–Crippen LogP) is 2.63. The van der Waals surface area contributed by atoms with Crippen LogP contribution < -0.4 is 0 Å². The van der Waals surface area contributed by atoms with E-state index in [-0.39, 0.29) is 11.2 Å². The van der Waals surface area contributed by atoms with E-state index in [1.807, 2.05) is 18.2 Å². The SMILES string of the molecule is CC(=O)CC(C)(C)Cc1ccccn1. The van der Waals surface area contributed by atoms with E-state index >= 15 is 0 Å². The zero-order chi connectivity index (χ0) is 10.6. The second kappa shape index (κ2) is 4.36. The quantitative estimate of drug-likeness (QED) is 0.732. The maximum Gasteiger partial charge on any atom is 0.130 e. The minimum absolute atomic E-state index is 0.0141. The van der Waals surface area contributed by atoms with Crippen LogP contribution in [0.4, 0.5) is 0 Å². The van der Waals surface area contributed by atoms with Gasteiger partial charge in [0.15, 0.2) is 0 Å². The molecule has 0 saturated carbocycles. The lowest BCUT2D eigenvalue weighted by atomic mass is 9.83. The van der Waals surface area contributed by atoms with E-state index in [1.54, 1.807) is 13.1 Å². The molecule has 0 radical (unpaired) electrons. The van der Waals surface area contributed by atoms with Crippen molar-refractivity contribution < 1.29 is 4.79 Å². The van der Waals surface area contributed by atoms with Gasteiger partial charge in [-0.1, -0.05) is 19.9 Å². The van der Waals surface area contributed by atoms with Crippen LogP contribution in [0.5, 0.6) is 0 Å². The lowest BCUT2D eigenvalue weighted by Gasteiger charge is -2.22. The van der Waals surface area contributed by atoms with Gasteiger partial charge in [0.1, 0.15) is 5.78 Å². The molecule has 0 atom stereocenters. The van der Waals surface area contributed by atoms with Gasteiger partial charge in [0.2, 0.25) is 0 Å². The highest BCUT2D eigenvalue weighted by Gasteiger charge is 2.20. The fourth-order valence-electron chi connectivity index (χ4n) is 1.73. The molecule has 0 aliphatic rings. The molecule has 0 amide bonds. The number of hydrogen-bond donors (Lipinski definition) is 0. The Morgan fingerprint density at radius 3 is 2.64 bits per heavy atom. The largest absolute Gasteiger partial charge is 0.300 e. The molecule has 14 heavy (non-hydrogen) atoms. The molecule has 2 heteroatoms. The molecule has 0 saturated heterocycles. The molecule has 2 nitrogen and oxygen atoms in total. The lowest BCUT2D eigenvalue weighted by Crippen LogP contribution is -2.19. The summed E-state index contributed by atoms with van der Waals surface area (Å²) in [6.07, 6.45) is 3.26. The first-order valence-electron chi connectivity index (χ1n) is 4.89. The average molecular weight is 191 g/mol. The third-order valence-electron chi connectivity index (χ3n) is 2.11. The maximum atomic E-state index is 11.0. The summed E-state index contributed by atoms with van der Waals surface area (Å²) < 4.78 is 0. The number of nitrogens with zero attached hydrogens (tertiary/aromatic N) is 1. The van der Waals surface area contributed by atoms with Gasteiger partial charge in [-0.15, -0.1) is 0 Å². The highest BCUT2D eigenvalue weighted by atomic mass is 16.1. The third kappa shape index (κ3) is 3.69. The van der Waals surface area contributed by atoms with Crippen molar-refractivity contribution in [3.63, 3.8) is 0 Å². The van der Waals surface area contributed by atoms with Gasteiger partial charge in [0.05, 0.1) is 0 Å². The van der Waals surface area contributed by atoms with Crippen molar-refractivity contribution in [2.24, 2.45) is 5.41 Å². The Bertz CT molecular complexity index is 303. The molecule has 1 aromatic heterocycles. The van der Waals surface area contributed by atoms with Gasteiger partial charge < -0.3 is 4.79 Å². The lowest BCUT2D eigenvalue weighted by molar-refractivity contribution is -0.118. The van der Waals surface area contributed by atoms with Gasteiger partial charge in [-0.2, -0.15) is 0 Å². The van der Waals surface area contributed by atoms with Crippen LogP contribution >= 0.6 is 0 Å². The van der Waals surface area contributed by atoms with Crippen LogP contribution in [0, 0.1) is 5.41 Å². The van der Waals surface area contributed by atoms with Crippen LogP contribution in [-0.2, 0) is 11.2 Å². The van der Waals surface area contributed by atoms with Crippen molar-refractivity contribution in [2.45, 2.75) is 33.6 Å². The van der Waals surface area contributed by atoms with Crippen LogP contribution in [0.2, 0.25) is 0 Å². The normalized spacial score (nSPS) is 11.4. The molecule has 1 aromatic rings. The van der Waals surface area contributed by atoms with Gasteiger partial charge >= 0.3 is 0 Å². The van der Waals surface area contributed by atoms with Crippen molar-refractivity contribution in [1.82, 2.24) is 4.98 Å². The number of aromatic nitrogens is 1. The van der Waals surface area contributed by atoms with Gasteiger partial charge in [-0.25, -0.2) is 0 Å². The number of carbonyl (C=O) groups is 1. The number of rotatable bonds is 4. The summed E-state index contributed by atoms with van der Waals surface area (Å²) in [5, 5.41) is 0. The van der Waals surface area contributed by atoms with Crippen molar-refractivity contribution >= 4 is 5.78 Å². The van der Waals surface area contributed by atoms with E-state index in [9.17, 15) is 4.79 Å². The Labute approximate surface area is 85.4 Å². The average Bonchev–Trinajstić information content (AvgIpc) is 2.02. The van der Waals surface area contributed by atoms with Crippen molar-refractivity contribution in [1.29, 1.82) is 0 Å². The first-order valence-corrected chi connectivity index (χ1v) is 4.89. The third-order valence-corrected chi connectivity index (χ3v) is 2.11. The molecular formula is C12H17NO. The molecule has 0 N–H and O–H groups in total. The Hall–Kier alpha value is -1.18. The number of pyridine rings is 1. The molecule has 0 aliphatic heterocycles. The van der Waals surface area contributed by atoms with Crippen LogP contribution in [0.15, 0.2) is 24.4 Å². The number of ketones is 1. The molecular weight excluding hydrogens is 174 g/mol. The summed E-state index contributed by atoms with van der Waals surface area (Å²) in [7, 11) is 0. The Kier molecular flexibility index (Phi) is 3.39. The predicted molar refractivity (Wildman–Crippen MR) is 57.0 cm³/mol. The number of carbonyl (C=O) groups excluding carboxylic acids is 1. The van der Waals surface area contributed by atoms with E-state index in [0.29, 0.717) is 6.42 Å². The molecule has 1 heterocycles. The van der Waals surface area contributed by atoms with Crippen LogP contribution in [0.3, 0.4) is 0 Å². The van der Waals surface area contributed by atoms with Crippen molar-refractivity contribution in [3.8, 4) is 0 Å². The molecule has 0 bridgehead atoms. The van der Waals surface area contributed by atoms with Gasteiger partial charge in [0, 0.05) is 18.3 Å². The highest BCUT2D eigenvalue weighted by molar-refractivity contribution is 5.76. The zero-order valence-electron chi connectivity index (χ0n) is 9.08. The summed E-state index contributed by atoms with van der Waals surface area (Å²) >= 11 is 0. The van der Waals surface area contributed by atoms with Gasteiger partial charge in [0.25, 0.3) is 0 Å². The second-order valence-electron chi connectivity index (χ2n) is 4.54. The minimum atomic E-state index is 0.0141. The Morgan fingerprint density at radius 1 is 1.43 bits per heavy atom. The summed E-state index contributed by atoms with van der Waals surface area (Å²) in [5.41, 5.74) is 1.07. The smallest absolute Gasteiger partial charge is 0.130 e. The van der Waals surface area contributed by atoms with Crippen molar-refractivity contribution in [3.05, 3.63) is 30.1 Å². The fourth-order valence-corrected chi connectivity index (χ4v) is 1.73. The topological polar surface area (TPSA) is 30.0 Å². The Balaban J connectivity index is 2.63. The fraction of sp³-hybridized carbons (Fsp3) is 0.500. The molecule has 0 fully saturated rings. The minimum Gasteiger partial charge on any atom is -0.300 e. The van der Waals surface area contributed by atoms with E-state index in [2.05, 4.69) is 18.8 Å². The molecule has 0 spiro atoms. The first kappa shape index (κ1) is 10.9. The number of Topliss-reactive ketones (excluding diaryl/α,β-unsaturated/α-hetero) is 1. The van der Waals surface area contributed by atoms with Crippen molar-refractivity contribution in [2.75, 3.05) is 0 Å². The van der Waals surface area contributed by atoms with E-state index in [4.69, 9.17) is 0 Å². The van der Waals surface area contributed by atoms with Gasteiger partial charge in [-0.3, -0.25) is 4.98 Å². The standard InChI is InChI=1S/C12H17NO/c1-10(14)8-12(2,3)9-11-6-4-5-7-13-11/h4-7H,8-9H2,1-3H3. The van der Waals surface area contributed by atoms with Crippen LogP contribution in [0.25, 0.3) is 0 Å². The van der Waals surface area contributed by atoms with E-state index < -0.39 is 0 Å². The first-order chi connectivity index (χ1) is 6.49. The summed E-state index contributed by atoms with van der Waals surface area (Å²) in [6, 6.07) is 5.88. The second-order valence-corrected chi connectivity index (χ2v) is 4.54. The van der Waals surface area contributed by atoms with Gasteiger partial charge in [-0.05, 0) is 30.9 Å². The number of hydrogen-bond acceptors (Lipinski definition) is 2. The van der Waals surface area contributed by atoms with Crippen LogP contribution in [0.1, 0.15) is 32.9 Å². The molecule has 0 aliphatic carbocycles. The molecule has 76 valence electrons. The maximum absolute atomic E-state index is 11.0. The molecule has 0 aromatic carbocycles. The highest BCUT2D eigenvalue weighted by Crippen LogP contribution is 2.25. The van der Waals surface area contributed by atoms with E-state index in [0.717, 1.165) is 12.1 Å². The molecule has 1 rings (SSSR count). The zero-order valence-corrected chi connectivity index (χ0v) is 9.08. The van der Waals surface area contributed by atoms with Crippen LogP contribution in [-0.4, -0.2) is 10.8 Å². The summed E-state index contributed by atoms with van der Waals surface area (Å²) in [6.45, 7) is 5.84. The van der Waals surface area contributed by atoms with E-state index in [1.165, 1.54) is 0 Å².